The van der Waals surface area contributed by atoms with Crippen LogP contribution < -0.4 is 9.47 Å². The second-order valence-electron chi connectivity index (χ2n) is 10.5. The number of hydrogen-bond acceptors (Lipinski definition) is 4. The predicted octanol–water partition coefficient (Wildman–Crippen LogP) is 8.14. The van der Waals surface area contributed by atoms with Gasteiger partial charge in [0.2, 0.25) is 0 Å². The van der Waals surface area contributed by atoms with Gasteiger partial charge in [-0.15, -0.1) is 0 Å². The molecular weight excluding hydrogens is 472 g/mol. The number of benzene rings is 4. The summed E-state index contributed by atoms with van der Waals surface area (Å²) < 4.78 is 11.4. The highest BCUT2D eigenvalue weighted by atomic mass is 16.5. The largest absolute Gasteiger partial charge is 0.496 e. The Labute approximate surface area is 224 Å². The number of ketones is 1. The van der Waals surface area contributed by atoms with Gasteiger partial charge in [-0.3, -0.25) is 4.79 Å². The van der Waals surface area contributed by atoms with E-state index in [4.69, 9.17) is 9.47 Å². The number of fused-ring (bicyclic) bond motifs is 1. The smallest absolute Gasteiger partial charge is 0.343 e. The molecule has 5 rings (SSSR count). The van der Waals surface area contributed by atoms with Crippen LogP contribution in [0.2, 0.25) is 0 Å². The monoisotopic (exact) mass is 506 g/mol. The highest BCUT2D eigenvalue weighted by Gasteiger charge is 2.36. The van der Waals surface area contributed by atoms with Gasteiger partial charge in [-0.25, -0.2) is 4.79 Å². The topological polar surface area (TPSA) is 52.6 Å². The van der Waals surface area contributed by atoms with Crippen molar-refractivity contribution in [3.05, 3.63) is 106 Å². The molecule has 1 aliphatic carbocycles. The first kappa shape index (κ1) is 25.7. The molecule has 1 aliphatic rings. The Bertz CT molecular complexity index is 1530. The van der Waals surface area contributed by atoms with E-state index in [1.54, 1.807) is 26.2 Å². The standard InChI is InChI=1S/C34H34O4/c1-22-18-29(12-14-31(22)37-4)34(16-6-5-7-17-34)30-13-15-32(23(2)19-30)38-33(36)28-11-10-26-20-25(24(3)35)8-9-27(26)21-28/h8-15,18-21H,5-7,16-17H2,1-4H3. The van der Waals surface area contributed by atoms with Crippen molar-refractivity contribution in [2.75, 3.05) is 7.11 Å². The fraction of sp³-hybridized carbons (Fsp3) is 0.294. The molecule has 0 aliphatic heterocycles. The number of rotatable bonds is 6. The summed E-state index contributed by atoms with van der Waals surface area (Å²) in [6, 6.07) is 23.7. The third kappa shape index (κ3) is 4.83. The van der Waals surface area contributed by atoms with E-state index >= 15 is 0 Å². The number of esters is 1. The van der Waals surface area contributed by atoms with Gasteiger partial charge in [-0.05, 0) is 97.0 Å². The molecule has 0 N–H and O–H groups in total. The fourth-order valence-corrected chi connectivity index (χ4v) is 5.89. The third-order valence-electron chi connectivity index (χ3n) is 8.07. The van der Waals surface area contributed by atoms with E-state index < -0.39 is 5.97 Å². The van der Waals surface area contributed by atoms with Gasteiger partial charge in [-0.1, -0.05) is 61.7 Å². The third-order valence-corrected chi connectivity index (χ3v) is 8.07. The van der Waals surface area contributed by atoms with Gasteiger partial charge in [0, 0.05) is 11.0 Å². The number of methoxy groups -OCH3 is 1. The number of hydrogen-bond donors (Lipinski definition) is 0. The Morgan fingerprint density at radius 1 is 0.684 bits per heavy atom. The molecule has 4 heteroatoms. The first-order valence-corrected chi connectivity index (χ1v) is 13.3. The molecule has 0 radical (unpaired) electrons. The van der Waals surface area contributed by atoms with E-state index in [1.807, 2.05) is 37.3 Å². The zero-order valence-electron chi connectivity index (χ0n) is 22.6. The van der Waals surface area contributed by atoms with E-state index in [-0.39, 0.29) is 11.2 Å². The molecule has 0 heterocycles. The summed E-state index contributed by atoms with van der Waals surface area (Å²) in [6.45, 7) is 5.65. The van der Waals surface area contributed by atoms with Gasteiger partial charge >= 0.3 is 5.97 Å². The van der Waals surface area contributed by atoms with Gasteiger partial charge in [0.15, 0.2) is 5.78 Å². The summed E-state index contributed by atoms with van der Waals surface area (Å²) in [5.41, 5.74) is 5.76. The number of Topliss-reactive ketones (excluding diaryl/α,β-unsaturated/α-hetero) is 1. The average molecular weight is 507 g/mol. The molecule has 38 heavy (non-hydrogen) atoms. The van der Waals surface area contributed by atoms with Crippen molar-refractivity contribution in [1.29, 1.82) is 0 Å². The van der Waals surface area contributed by atoms with Crippen molar-refractivity contribution in [1.82, 2.24) is 0 Å². The Hall–Kier alpha value is -3.92. The van der Waals surface area contributed by atoms with E-state index in [2.05, 4.69) is 37.3 Å². The highest BCUT2D eigenvalue weighted by Crippen LogP contribution is 2.46. The molecule has 0 amide bonds. The Balaban J connectivity index is 1.42. The molecule has 1 fully saturated rings. The molecule has 0 aromatic heterocycles. The zero-order valence-corrected chi connectivity index (χ0v) is 22.6. The predicted molar refractivity (Wildman–Crippen MR) is 152 cm³/mol. The first-order chi connectivity index (χ1) is 18.3. The summed E-state index contributed by atoms with van der Waals surface area (Å²) >= 11 is 0. The van der Waals surface area contributed by atoms with Crippen LogP contribution in [0.15, 0.2) is 72.8 Å². The minimum Gasteiger partial charge on any atom is -0.496 e. The minimum atomic E-state index is -0.392. The van der Waals surface area contributed by atoms with Crippen LogP contribution in [0.25, 0.3) is 10.8 Å². The van der Waals surface area contributed by atoms with Crippen LogP contribution in [0, 0.1) is 13.8 Å². The number of ether oxygens (including phenoxy) is 2. The van der Waals surface area contributed by atoms with Gasteiger partial charge in [0.1, 0.15) is 11.5 Å². The summed E-state index contributed by atoms with van der Waals surface area (Å²) in [4.78, 5) is 24.8. The van der Waals surface area contributed by atoms with E-state index in [0.29, 0.717) is 16.9 Å². The number of aryl methyl sites for hydroxylation is 2. The van der Waals surface area contributed by atoms with E-state index in [0.717, 1.165) is 40.5 Å². The summed E-state index contributed by atoms with van der Waals surface area (Å²) in [7, 11) is 1.71. The van der Waals surface area contributed by atoms with Crippen LogP contribution in [-0.2, 0) is 5.41 Å². The van der Waals surface area contributed by atoms with E-state index in [9.17, 15) is 9.59 Å². The van der Waals surface area contributed by atoms with Crippen molar-refractivity contribution in [2.24, 2.45) is 0 Å². The zero-order chi connectivity index (χ0) is 26.9. The molecule has 0 bridgehead atoms. The SMILES string of the molecule is COc1ccc(C2(c3ccc(OC(=O)c4ccc5cc(C(C)=O)ccc5c4)c(C)c3)CCCCC2)cc1C. The lowest BCUT2D eigenvalue weighted by atomic mass is 9.65. The van der Waals surface area contributed by atoms with Gasteiger partial charge in [-0.2, -0.15) is 0 Å². The lowest BCUT2D eigenvalue weighted by Crippen LogP contribution is -2.30. The maximum absolute atomic E-state index is 13.1. The molecule has 0 atom stereocenters. The lowest BCUT2D eigenvalue weighted by Gasteiger charge is -2.39. The molecule has 4 nitrogen and oxygen atoms in total. The molecule has 0 spiro atoms. The molecule has 4 aromatic rings. The summed E-state index contributed by atoms with van der Waals surface area (Å²) in [5.74, 6) is 1.11. The summed E-state index contributed by atoms with van der Waals surface area (Å²) in [6.07, 6.45) is 5.83. The van der Waals surface area contributed by atoms with Crippen LogP contribution in [-0.4, -0.2) is 18.9 Å². The second-order valence-corrected chi connectivity index (χ2v) is 10.5. The van der Waals surface area contributed by atoms with Crippen molar-refractivity contribution >= 4 is 22.5 Å². The Morgan fingerprint density at radius 2 is 1.24 bits per heavy atom. The summed E-state index contributed by atoms with van der Waals surface area (Å²) in [5, 5.41) is 1.81. The minimum absolute atomic E-state index is 0.0199. The molecule has 0 saturated heterocycles. The molecule has 0 unspecified atom stereocenters. The number of carbonyl (C=O) groups is 2. The maximum atomic E-state index is 13.1. The molecule has 194 valence electrons. The number of carbonyl (C=O) groups excluding carboxylic acids is 2. The van der Waals surface area contributed by atoms with Crippen molar-refractivity contribution in [3.8, 4) is 11.5 Å². The van der Waals surface area contributed by atoms with Crippen molar-refractivity contribution in [2.45, 2.75) is 58.3 Å². The van der Waals surface area contributed by atoms with Crippen LogP contribution in [0.4, 0.5) is 0 Å². The van der Waals surface area contributed by atoms with Gasteiger partial charge in [0.25, 0.3) is 0 Å². The fourth-order valence-electron chi connectivity index (χ4n) is 5.89. The van der Waals surface area contributed by atoms with Crippen molar-refractivity contribution < 1.29 is 19.1 Å². The molecule has 4 aromatic carbocycles. The quantitative estimate of drug-likeness (QED) is 0.150. The average Bonchev–Trinajstić information content (AvgIpc) is 2.93. The van der Waals surface area contributed by atoms with Gasteiger partial charge < -0.3 is 9.47 Å². The highest BCUT2D eigenvalue weighted by molar-refractivity contribution is 6.01. The Morgan fingerprint density at radius 3 is 1.79 bits per heavy atom. The van der Waals surface area contributed by atoms with E-state index in [1.165, 1.54) is 30.4 Å². The Kier molecular flexibility index (Phi) is 7.07. The normalized spacial score (nSPS) is 14.7. The van der Waals surface area contributed by atoms with Crippen LogP contribution in [0.1, 0.15) is 82.0 Å². The molecular formula is C34H34O4. The second kappa shape index (κ2) is 10.4. The lowest BCUT2D eigenvalue weighted by molar-refractivity contribution is 0.0733. The van der Waals surface area contributed by atoms with Crippen LogP contribution >= 0.6 is 0 Å². The van der Waals surface area contributed by atoms with Crippen molar-refractivity contribution in [3.63, 3.8) is 0 Å². The maximum Gasteiger partial charge on any atom is 0.343 e. The van der Waals surface area contributed by atoms with Crippen LogP contribution in [0.3, 0.4) is 0 Å². The molecule has 1 saturated carbocycles. The van der Waals surface area contributed by atoms with Gasteiger partial charge in [0.05, 0.1) is 12.7 Å². The first-order valence-electron chi connectivity index (χ1n) is 13.3. The van der Waals surface area contributed by atoms with Crippen LogP contribution in [0.5, 0.6) is 11.5 Å².